The molecular formula is C46H31N5S. The zero-order valence-corrected chi connectivity index (χ0v) is 29.1. The summed E-state index contributed by atoms with van der Waals surface area (Å²) in [5.41, 5.74) is 11.1. The van der Waals surface area contributed by atoms with Gasteiger partial charge in [-0.15, -0.1) is 0 Å². The number of hydrogen-bond acceptors (Lipinski definition) is 6. The number of para-hydroxylation sites is 3. The van der Waals surface area contributed by atoms with Crippen LogP contribution in [0.1, 0.15) is 11.1 Å². The second kappa shape index (κ2) is 13.2. The highest BCUT2D eigenvalue weighted by Gasteiger charge is 2.25. The second-order valence-corrected chi connectivity index (χ2v) is 13.7. The highest BCUT2D eigenvalue weighted by atomic mass is 32.2. The maximum atomic E-state index is 10.7. The molecule has 1 aromatic heterocycles. The van der Waals surface area contributed by atoms with Crippen molar-refractivity contribution in [3.8, 4) is 28.7 Å². The van der Waals surface area contributed by atoms with E-state index < -0.39 is 0 Å². The van der Waals surface area contributed by atoms with Crippen molar-refractivity contribution < 1.29 is 0 Å². The van der Waals surface area contributed by atoms with Gasteiger partial charge in [-0.2, -0.15) is 5.26 Å². The molecule has 246 valence electrons. The van der Waals surface area contributed by atoms with Crippen molar-refractivity contribution in [2.75, 3.05) is 9.80 Å². The van der Waals surface area contributed by atoms with E-state index in [4.69, 9.17) is 9.97 Å². The van der Waals surface area contributed by atoms with Crippen LogP contribution in [-0.4, -0.2) is 9.97 Å². The van der Waals surface area contributed by atoms with E-state index in [9.17, 15) is 5.26 Å². The van der Waals surface area contributed by atoms with Gasteiger partial charge in [-0.25, -0.2) is 9.97 Å². The summed E-state index contributed by atoms with van der Waals surface area (Å²) < 4.78 is 0. The van der Waals surface area contributed by atoms with Crippen LogP contribution >= 0.6 is 11.8 Å². The molecule has 2 heterocycles. The number of aryl methyl sites for hydroxylation is 1. The van der Waals surface area contributed by atoms with E-state index in [1.807, 2.05) is 72.8 Å². The smallest absolute Gasteiger partial charge is 0.160 e. The molecule has 5 nitrogen and oxygen atoms in total. The first kappa shape index (κ1) is 31.3. The van der Waals surface area contributed by atoms with E-state index in [1.165, 1.54) is 9.79 Å². The van der Waals surface area contributed by atoms with Crippen LogP contribution in [0.4, 0.5) is 34.1 Å². The lowest BCUT2D eigenvalue weighted by atomic mass is 9.97. The molecule has 0 saturated carbocycles. The highest BCUT2D eigenvalue weighted by molar-refractivity contribution is 7.99. The predicted molar refractivity (Wildman–Crippen MR) is 213 cm³/mol. The standard InChI is InChI=1S/C46H31N5S/c1-31-13-12-18-39-44(31)45(49-46(48-39)32-14-4-2-5-15-32)38-28-27-37(29-33(38)30-47)50(34-16-6-3-7-17-34)35-23-25-36(26-24-35)51-40-19-8-10-21-42(40)52-43-22-11-9-20-41(43)51/h2-29H,1H3. The Morgan fingerprint density at radius 2 is 1.21 bits per heavy atom. The fourth-order valence-corrected chi connectivity index (χ4v) is 8.05. The van der Waals surface area contributed by atoms with Crippen molar-refractivity contribution in [1.29, 1.82) is 5.26 Å². The molecule has 0 saturated heterocycles. The van der Waals surface area contributed by atoms with Gasteiger partial charge in [0.2, 0.25) is 0 Å². The first-order chi connectivity index (χ1) is 25.7. The van der Waals surface area contributed by atoms with Crippen LogP contribution in [0, 0.1) is 18.3 Å². The summed E-state index contributed by atoms with van der Waals surface area (Å²) >= 11 is 1.80. The van der Waals surface area contributed by atoms with E-state index in [0.717, 1.165) is 67.4 Å². The summed E-state index contributed by atoms with van der Waals surface area (Å²) in [4.78, 5) is 17.0. The van der Waals surface area contributed by atoms with Gasteiger partial charge in [-0.05, 0) is 97.4 Å². The largest absolute Gasteiger partial charge is 0.310 e. The zero-order valence-electron chi connectivity index (χ0n) is 28.3. The van der Waals surface area contributed by atoms with Crippen molar-refractivity contribution in [2.24, 2.45) is 0 Å². The van der Waals surface area contributed by atoms with Crippen molar-refractivity contribution >= 4 is 56.8 Å². The normalized spacial score (nSPS) is 11.8. The Kier molecular flexibility index (Phi) is 7.96. The quantitative estimate of drug-likeness (QED) is 0.174. The summed E-state index contributed by atoms with van der Waals surface area (Å²) in [7, 11) is 0. The van der Waals surface area contributed by atoms with Crippen LogP contribution in [0.5, 0.6) is 0 Å². The minimum atomic E-state index is 0.538. The van der Waals surface area contributed by atoms with Crippen molar-refractivity contribution in [1.82, 2.24) is 9.97 Å². The molecule has 8 aromatic rings. The van der Waals surface area contributed by atoms with Crippen LogP contribution in [0.2, 0.25) is 0 Å². The van der Waals surface area contributed by atoms with Gasteiger partial charge in [0, 0.05) is 49.1 Å². The second-order valence-electron chi connectivity index (χ2n) is 12.6. The van der Waals surface area contributed by atoms with Gasteiger partial charge in [0.1, 0.15) is 0 Å². The Balaban J connectivity index is 1.16. The first-order valence-corrected chi connectivity index (χ1v) is 18.0. The number of rotatable bonds is 6. The van der Waals surface area contributed by atoms with Crippen molar-refractivity contribution in [2.45, 2.75) is 16.7 Å². The minimum absolute atomic E-state index is 0.538. The Morgan fingerprint density at radius 1 is 0.596 bits per heavy atom. The molecule has 52 heavy (non-hydrogen) atoms. The SMILES string of the molecule is Cc1cccc2nc(-c3ccccc3)nc(-c3ccc(N(c4ccccc4)c4ccc(N5c6ccccc6Sc6ccccc65)cc4)cc3C#N)c12. The van der Waals surface area contributed by atoms with E-state index >= 15 is 0 Å². The summed E-state index contributed by atoms with van der Waals surface area (Å²) in [5, 5.41) is 11.6. The average molecular weight is 686 g/mol. The van der Waals surface area contributed by atoms with Crippen LogP contribution in [-0.2, 0) is 0 Å². The van der Waals surface area contributed by atoms with Crippen LogP contribution in [0.15, 0.2) is 180 Å². The number of fused-ring (bicyclic) bond motifs is 3. The molecule has 7 aromatic carbocycles. The Morgan fingerprint density at radius 3 is 1.90 bits per heavy atom. The fourth-order valence-electron chi connectivity index (χ4n) is 6.99. The molecule has 0 amide bonds. The molecule has 0 radical (unpaired) electrons. The van der Waals surface area contributed by atoms with Crippen molar-refractivity contribution in [3.05, 3.63) is 181 Å². The average Bonchev–Trinajstić information content (AvgIpc) is 3.21. The molecule has 1 aliphatic heterocycles. The third-order valence-corrected chi connectivity index (χ3v) is 10.5. The monoisotopic (exact) mass is 685 g/mol. The molecule has 0 fully saturated rings. The Bertz CT molecular complexity index is 2590. The van der Waals surface area contributed by atoms with E-state index in [0.29, 0.717) is 11.4 Å². The summed E-state index contributed by atoms with van der Waals surface area (Å²) in [5.74, 6) is 0.630. The van der Waals surface area contributed by atoms with E-state index in [-0.39, 0.29) is 0 Å². The van der Waals surface area contributed by atoms with Gasteiger partial charge in [0.25, 0.3) is 0 Å². The molecule has 9 rings (SSSR count). The molecule has 0 N–H and O–H groups in total. The minimum Gasteiger partial charge on any atom is -0.310 e. The molecule has 0 unspecified atom stereocenters. The lowest BCUT2D eigenvalue weighted by molar-refractivity contribution is 1.16. The molecule has 0 aliphatic carbocycles. The molecule has 0 spiro atoms. The molecule has 1 aliphatic rings. The van der Waals surface area contributed by atoms with Gasteiger partial charge in [-0.3, -0.25) is 0 Å². The number of hydrogen-bond donors (Lipinski definition) is 0. The van der Waals surface area contributed by atoms with Gasteiger partial charge in [-0.1, -0.05) is 96.7 Å². The van der Waals surface area contributed by atoms with E-state index in [1.54, 1.807) is 11.8 Å². The number of benzene rings is 7. The van der Waals surface area contributed by atoms with Gasteiger partial charge in [0.15, 0.2) is 5.82 Å². The lowest BCUT2D eigenvalue weighted by Gasteiger charge is -2.33. The zero-order chi connectivity index (χ0) is 35.0. The molecule has 6 heteroatoms. The van der Waals surface area contributed by atoms with Crippen molar-refractivity contribution in [3.63, 3.8) is 0 Å². The first-order valence-electron chi connectivity index (χ1n) is 17.1. The predicted octanol–water partition coefficient (Wildman–Crippen LogP) is 12.5. The van der Waals surface area contributed by atoms with Crippen LogP contribution < -0.4 is 9.80 Å². The number of nitrogens with zero attached hydrogens (tertiary/aromatic N) is 5. The molecule has 0 atom stereocenters. The Hall–Kier alpha value is -6.68. The number of aromatic nitrogens is 2. The highest BCUT2D eigenvalue weighted by Crippen LogP contribution is 2.51. The lowest BCUT2D eigenvalue weighted by Crippen LogP contribution is -2.15. The third kappa shape index (κ3) is 5.54. The van der Waals surface area contributed by atoms with Gasteiger partial charge < -0.3 is 9.80 Å². The van der Waals surface area contributed by atoms with E-state index in [2.05, 4.69) is 120 Å². The topological polar surface area (TPSA) is 56.1 Å². The summed E-state index contributed by atoms with van der Waals surface area (Å²) in [6.07, 6.45) is 0. The third-order valence-electron chi connectivity index (χ3n) is 9.41. The maximum absolute atomic E-state index is 10.7. The van der Waals surface area contributed by atoms with Gasteiger partial charge >= 0.3 is 0 Å². The summed E-state index contributed by atoms with van der Waals surface area (Å²) in [6.45, 7) is 2.07. The van der Waals surface area contributed by atoms with Crippen LogP contribution in [0.25, 0.3) is 33.5 Å². The summed E-state index contributed by atoms with van der Waals surface area (Å²) in [6, 6.07) is 60.7. The molecule has 0 bridgehead atoms. The maximum Gasteiger partial charge on any atom is 0.160 e. The number of anilines is 6. The number of nitriles is 1. The fraction of sp³-hybridized carbons (Fsp3) is 0.0217. The van der Waals surface area contributed by atoms with Crippen LogP contribution in [0.3, 0.4) is 0 Å². The molecular weight excluding hydrogens is 655 g/mol. The van der Waals surface area contributed by atoms with Gasteiger partial charge in [0.05, 0.1) is 34.2 Å². The Labute approximate surface area is 307 Å².